The third-order valence-electron chi connectivity index (χ3n) is 10.7. The molecule has 0 saturated heterocycles. The van der Waals surface area contributed by atoms with Gasteiger partial charge in [-0.05, 0) is 110 Å². The van der Waals surface area contributed by atoms with Crippen LogP contribution in [0.2, 0.25) is 0 Å². The Balaban J connectivity index is 1.52. The zero-order chi connectivity index (χ0) is 22.4. The Bertz CT molecular complexity index is 738. The van der Waals surface area contributed by atoms with Crippen molar-refractivity contribution in [2.45, 2.75) is 97.1 Å². The van der Waals surface area contributed by atoms with E-state index < -0.39 is 0 Å². The first kappa shape index (κ1) is 22.9. The van der Waals surface area contributed by atoms with E-state index in [2.05, 4.69) is 30.8 Å². The number of methoxy groups -OCH3 is 1. The smallest absolute Gasteiger partial charge is 0.305 e. The van der Waals surface area contributed by atoms with Gasteiger partial charge < -0.3 is 9.84 Å². The Morgan fingerprint density at radius 1 is 1.16 bits per heavy atom. The van der Waals surface area contributed by atoms with E-state index in [0.717, 1.165) is 32.1 Å². The number of fused-ring (bicyclic) bond motifs is 5. The minimum absolute atomic E-state index is 0.103. The molecule has 10 atom stereocenters. The van der Waals surface area contributed by atoms with Gasteiger partial charge in [-0.25, -0.2) is 0 Å². The summed E-state index contributed by atoms with van der Waals surface area (Å²) in [5, 5.41) is 15.4. The van der Waals surface area contributed by atoms with Crippen LogP contribution in [0.1, 0.15) is 85.0 Å². The fourth-order valence-electron chi connectivity index (χ4n) is 9.00. The van der Waals surface area contributed by atoms with Gasteiger partial charge in [-0.2, -0.15) is 0 Å². The van der Waals surface area contributed by atoms with Crippen LogP contribution in [0.3, 0.4) is 0 Å². The first-order valence-corrected chi connectivity index (χ1v) is 12.5. The molecule has 0 aliphatic heterocycles. The van der Waals surface area contributed by atoms with Gasteiger partial charge in [-0.3, -0.25) is 4.79 Å². The topological polar surface area (TPSA) is 95.3 Å². The van der Waals surface area contributed by atoms with Crippen molar-refractivity contribution in [3.63, 3.8) is 0 Å². The molecular formula is C25H41N3O3. The summed E-state index contributed by atoms with van der Waals surface area (Å²) in [5.74, 6) is 3.06. The molecule has 4 rings (SSSR count). The molecule has 4 aliphatic carbocycles. The molecule has 0 spiro atoms. The fourth-order valence-corrected chi connectivity index (χ4v) is 9.00. The molecule has 1 unspecified atom stereocenters. The normalized spacial score (nSPS) is 47.3. The summed E-state index contributed by atoms with van der Waals surface area (Å²) in [7, 11) is 1.47. The molecule has 31 heavy (non-hydrogen) atoms. The number of nitrogens with zero attached hydrogens (tertiary/aromatic N) is 3. The van der Waals surface area contributed by atoms with Crippen molar-refractivity contribution in [1.82, 2.24) is 0 Å². The number of hydrogen-bond acceptors (Lipinski definition) is 4. The minimum atomic E-state index is -0.235. The molecule has 174 valence electrons. The molecule has 4 fully saturated rings. The van der Waals surface area contributed by atoms with Gasteiger partial charge in [0.05, 0.1) is 13.2 Å². The molecule has 0 aromatic rings. The van der Waals surface area contributed by atoms with Crippen molar-refractivity contribution in [1.29, 1.82) is 0 Å². The Morgan fingerprint density at radius 3 is 2.58 bits per heavy atom. The van der Waals surface area contributed by atoms with Crippen LogP contribution in [0.5, 0.6) is 0 Å². The van der Waals surface area contributed by atoms with Crippen LogP contribution in [0.4, 0.5) is 0 Å². The van der Waals surface area contributed by atoms with E-state index in [4.69, 9.17) is 10.3 Å². The summed E-state index contributed by atoms with van der Waals surface area (Å²) >= 11 is 0. The van der Waals surface area contributed by atoms with E-state index in [0.29, 0.717) is 41.9 Å². The molecule has 0 heterocycles. The number of esters is 1. The number of hydrogen-bond donors (Lipinski definition) is 1. The molecule has 0 aromatic heterocycles. The third kappa shape index (κ3) is 3.78. The standard InChI is InChI=1S/C25H41N3O3/c1-15(5-8-22(30)31-4)18-6-7-19-23-20(10-12-25(18,19)3)24(2)11-9-17(27-28-26)13-16(24)14-21(23)29/h15-21,23,29H,5-14H2,1-4H3/t15-,16?,17-,18-,19+,20+,21+,23+,24+,25-/m1/s1. The van der Waals surface area contributed by atoms with Gasteiger partial charge in [0, 0.05) is 17.4 Å². The van der Waals surface area contributed by atoms with Crippen LogP contribution in [0.15, 0.2) is 5.11 Å². The second-order valence-corrected chi connectivity index (χ2v) is 11.7. The molecule has 6 heteroatoms. The zero-order valence-corrected chi connectivity index (χ0v) is 19.8. The van der Waals surface area contributed by atoms with Crippen molar-refractivity contribution < 1.29 is 14.6 Å². The van der Waals surface area contributed by atoms with E-state index >= 15 is 0 Å². The Hall–Kier alpha value is -1.26. The minimum Gasteiger partial charge on any atom is -0.469 e. The lowest BCUT2D eigenvalue weighted by Gasteiger charge is -2.62. The van der Waals surface area contributed by atoms with Crippen LogP contribution in [-0.4, -0.2) is 30.3 Å². The average Bonchev–Trinajstić information content (AvgIpc) is 3.10. The summed E-state index contributed by atoms with van der Waals surface area (Å²) in [6, 6.07) is 0.104. The first-order chi connectivity index (χ1) is 14.7. The number of aliphatic hydroxyl groups is 1. The van der Waals surface area contributed by atoms with E-state index in [9.17, 15) is 9.90 Å². The molecule has 6 nitrogen and oxygen atoms in total. The number of rotatable bonds is 5. The highest BCUT2D eigenvalue weighted by Gasteiger charge is 2.62. The van der Waals surface area contributed by atoms with Gasteiger partial charge in [-0.1, -0.05) is 25.9 Å². The third-order valence-corrected chi connectivity index (χ3v) is 10.7. The molecule has 0 amide bonds. The van der Waals surface area contributed by atoms with Crippen LogP contribution < -0.4 is 0 Å². The lowest BCUT2D eigenvalue weighted by molar-refractivity contribution is -0.166. The summed E-state index contributed by atoms with van der Waals surface area (Å²) in [5.41, 5.74) is 9.42. The van der Waals surface area contributed by atoms with Crippen molar-refractivity contribution in [3.8, 4) is 0 Å². The van der Waals surface area contributed by atoms with E-state index in [-0.39, 0.29) is 28.9 Å². The van der Waals surface area contributed by atoms with Crippen LogP contribution in [0, 0.1) is 46.3 Å². The molecular weight excluding hydrogens is 390 g/mol. The molecule has 0 radical (unpaired) electrons. The largest absolute Gasteiger partial charge is 0.469 e. The van der Waals surface area contributed by atoms with Crippen LogP contribution in [-0.2, 0) is 9.53 Å². The van der Waals surface area contributed by atoms with E-state index in [1.807, 2.05) is 0 Å². The summed E-state index contributed by atoms with van der Waals surface area (Å²) in [4.78, 5) is 14.7. The molecule has 4 aliphatic rings. The highest BCUT2D eigenvalue weighted by Crippen LogP contribution is 2.68. The van der Waals surface area contributed by atoms with Crippen molar-refractivity contribution >= 4 is 5.97 Å². The number of ether oxygens (including phenoxy) is 1. The quantitative estimate of drug-likeness (QED) is 0.255. The maximum atomic E-state index is 11.7. The van der Waals surface area contributed by atoms with Gasteiger partial charge in [0.15, 0.2) is 0 Å². The molecule has 0 bridgehead atoms. The maximum Gasteiger partial charge on any atom is 0.305 e. The number of aliphatic hydroxyl groups excluding tert-OH is 1. The van der Waals surface area contributed by atoms with Gasteiger partial charge >= 0.3 is 5.97 Å². The molecule has 4 saturated carbocycles. The fraction of sp³-hybridized carbons (Fsp3) is 0.960. The lowest BCUT2D eigenvalue weighted by Crippen LogP contribution is -2.58. The Morgan fingerprint density at radius 2 is 1.87 bits per heavy atom. The Kier molecular flexibility index (Phi) is 6.35. The molecule has 0 aromatic carbocycles. The van der Waals surface area contributed by atoms with Crippen molar-refractivity contribution in [2.75, 3.05) is 7.11 Å². The van der Waals surface area contributed by atoms with Crippen molar-refractivity contribution in [3.05, 3.63) is 10.4 Å². The summed E-state index contributed by atoms with van der Waals surface area (Å²) < 4.78 is 4.87. The van der Waals surface area contributed by atoms with Crippen molar-refractivity contribution in [2.24, 2.45) is 51.5 Å². The van der Waals surface area contributed by atoms with E-state index in [1.165, 1.54) is 32.8 Å². The highest BCUT2D eigenvalue weighted by atomic mass is 16.5. The second-order valence-electron chi connectivity index (χ2n) is 11.7. The number of azide groups is 1. The van der Waals surface area contributed by atoms with Gasteiger partial charge in [0.25, 0.3) is 0 Å². The summed E-state index contributed by atoms with van der Waals surface area (Å²) in [6.07, 6.45) is 9.97. The van der Waals surface area contributed by atoms with Gasteiger partial charge in [0.1, 0.15) is 0 Å². The van der Waals surface area contributed by atoms with Gasteiger partial charge in [-0.15, -0.1) is 0 Å². The van der Waals surface area contributed by atoms with Crippen LogP contribution >= 0.6 is 0 Å². The Labute approximate surface area is 187 Å². The zero-order valence-electron chi connectivity index (χ0n) is 19.8. The van der Waals surface area contributed by atoms with Crippen LogP contribution in [0.25, 0.3) is 10.4 Å². The molecule has 1 N–H and O–H groups in total. The first-order valence-electron chi connectivity index (χ1n) is 12.5. The number of carbonyl (C=O) groups excluding carboxylic acids is 1. The average molecular weight is 432 g/mol. The predicted octanol–water partition coefficient (Wildman–Crippen LogP) is 5.88. The predicted molar refractivity (Wildman–Crippen MR) is 120 cm³/mol. The SMILES string of the molecule is COC(=O)CC[C@@H](C)[C@H]1CC[C@H]2[C@@H]3[C@@H](O)CC4C[C@H](N=[N+]=[N-])CC[C@]4(C)[C@H]3CC[C@]12C. The second kappa shape index (κ2) is 8.59. The highest BCUT2D eigenvalue weighted by molar-refractivity contribution is 5.69. The maximum absolute atomic E-state index is 11.7. The monoisotopic (exact) mass is 431 g/mol. The lowest BCUT2D eigenvalue weighted by atomic mass is 9.43. The van der Waals surface area contributed by atoms with Gasteiger partial charge in [0.2, 0.25) is 0 Å². The number of carbonyl (C=O) groups is 1. The van der Waals surface area contributed by atoms with E-state index in [1.54, 1.807) is 0 Å². The summed E-state index contributed by atoms with van der Waals surface area (Å²) in [6.45, 7) is 7.28.